The Morgan fingerprint density at radius 3 is 1.34 bits per heavy atom. The minimum absolute atomic E-state index is 0.139. The van der Waals surface area contributed by atoms with Gasteiger partial charge in [0, 0.05) is 94.9 Å². The molecule has 0 atom stereocenters. The first-order valence-electron chi connectivity index (χ1n) is 22.2. The Kier molecular flexibility index (Phi) is 40.6. The third-order valence-electron chi connectivity index (χ3n) is 9.36. The fourth-order valence-corrected chi connectivity index (χ4v) is 5.57. The number of halogens is 1. The summed E-state index contributed by atoms with van der Waals surface area (Å²) in [6.45, 7) is 26.1. The van der Waals surface area contributed by atoms with Gasteiger partial charge in [-0.3, -0.25) is 29.0 Å². The molecule has 0 spiro atoms. The molecule has 0 radical (unpaired) electrons. The zero-order chi connectivity index (χ0) is 44.6. The molecule has 3 fully saturated rings. The molecule has 3 aliphatic heterocycles. The van der Waals surface area contributed by atoms with Gasteiger partial charge in [0.05, 0.1) is 46.2 Å². The highest BCUT2D eigenvalue weighted by Gasteiger charge is 2.21. The minimum Gasteiger partial charge on any atom is -0.481 e. The molecule has 0 aromatic heterocycles. The number of hydrogen-bond acceptors (Lipinski definition) is 13. The normalized spacial score (nSPS) is 16.0. The van der Waals surface area contributed by atoms with Crippen LogP contribution in [0.5, 0.6) is 0 Å². The number of Topliss-reactive ketones (excluding diaryl/α,β-unsaturated/α-hetero) is 2. The average molecular weight is 869 g/mol. The molecule has 15 heteroatoms. The van der Waals surface area contributed by atoms with E-state index in [1.165, 1.54) is 0 Å². The monoisotopic (exact) mass is 868 g/mol. The number of carboxylic acids is 1. The first kappa shape index (κ1) is 59.3. The molecule has 3 aliphatic rings. The van der Waals surface area contributed by atoms with E-state index >= 15 is 0 Å². The molecule has 0 bridgehead atoms. The van der Waals surface area contributed by atoms with Crippen molar-refractivity contribution in [1.29, 1.82) is 0 Å². The number of carbonyl (C=O) groups excluding carboxylic acids is 3. The average Bonchev–Trinajstić information content (AvgIpc) is 3.22. The minimum atomic E-state index is -0.789. The van der Waals surface area contributed by atoms with Crippen LogP contribution in [0.25, 0.3) is 0 Å². The predicted molar refractivity (Wildman–Crippen MR) is 235 cm³/mol. The van der Waals surface area contributed by atoms with Gasteiger partial charge in [0.15, 0.2) is 0 Å². The second-order valence-corrected chi connectivity index (χ2v) is 17.3. The first-order chi connectivity index (χ1) is 28.1. The Morgan fingerprint density at radius 2 is 0.983 bits per heavy atom. The molecule has 3 rings (SSSR count). The Bertz CT molecular complexity index is 994. The van der Waals surface area contributed by atoms with Crippen molar-refractivity contribution in [3.8, 4) is 0 Å². The quantitative estimate of drug-likeness (QED) is 0.0585. The Labute approximate surface area is 362 Å². The summed E-state index contributed by atoms with van der Waals surface area (Å²) in [4.78, 5) is 49.7. The number of esters is 1. The number of unbranched alkanes of at least 4 members (excludes halogenated alkanes) is 5. The molecule has 0 aliphatic carbocycles. The fraction of sp³-hybridized carbons (Fsp3) is 0.909. The van der Waals surface area contributed by atoms with Crippen molar-refractivity contribution in [1.82, 2.24) is 15.1 Å². The van der Waals surface area contributed by atoms with Crippen molar-refractivity contribution < 1.29 is 53.4 Å². The van der Waals surface area contributed by atoms with Gasteiger partial charge in [-0.05, 0) is 77.3 Å². The number of aliphatic hydroxyl groups excluding tert-OH is 2. The van der Waals surface area contributed by atoms with Gasteiger partial charge in [0.1, 0.15) is 11.6 Å². The van der Waals surface area contributed by atoms with Gasteiger partial charge in [0.2, 0.25) is 0 Å². The SMILES string of the molecule is C1COCCN1.CC(C)(C)C(=O)CCCCC(=O)O.CC(C)(C)C(=O)CCCCC(=O)OCCCCN1CCOCC1.OCCCCCl.OCCCCN1CCOCC1. The summed E-state index contributed by atoms with van der Waals surface area (Å²) in [6, 6.07) is 0. The number of aliphatic hydroxyl groups is 2. The third kappa shape index (κ3) is 42.7. The number of nitrogens with zero attached hydrogens (tertiary/aromatic N) is 2. The van der Waals surface area contributed by atoms with Crippen LogP contribution in [0.4, 0.5) is 0 Å². The maximum Gasteiger partial charge on any atom is 0.305 e. The van der Waals surface area contributed by atoms with Gasteiger partial charge in [-0.15, -0.1) is 11.6 Å². The van der Waals surface area contributed by atoms with Gasteiger partial charge in [-0.25, -0.2) is 0 Å². The van der Waals surface area contributed by atoms with Crippen molar-refractivity contribution in [2.24, 2.45) is 10.8 Å². The summed E-state index contributed by atoms with van der Waals surface area (Å²) in [5, 5.41) is 28.2. The van der Waals surface area contributed by atoms with Gasteiger partial charge in [-0.2, -0.15) is 0 Å². The van der Waals surface area contributed by atoms with Gasteiger partial charge in [-0.1, -0.05) is 41.5 Å². The molecule has 3 saturated heterocycles. The van der Waals surface area contributed by atoms with Crippen LogP contribution in [-0.4, -0.2) is 166 Å². The van der Waals surface area contributed by atoms with Crippen LogP contribution in [0.15, 0.2) is 0 Å². The van der Waals surface area contributed by atoms with E-state index in [1.54, 1.807) is 0 Å². The summed E-state index contributed by atoms with van der Waals surface area (Å²) in [5.41, 5.74) is -0.565. The smallest absolute Gasteiger partial charge is 0.305 e. The van der Waals surface area contributed by atoms with Crippen molar-refractivity contribution >= 4 is 35.1 Å². The van der Waals surface area contributed by atoms with E-state index in [2.05, 4.69) is 15.1 Å². The molecule has 0 unspecified atom stereocenters. The number of hydrogen-bond donors (Lipinski definition) is 4. The molecule has 0 saturated carbocycles. The van der Waals surface area contributed by atoms with Crippen LogP contribution in [0.2, 0.25) is 0 Å². The molecule has 350 valence electrons. The second kappa shape index (κ2) is 40.3. The lowest BCUT2D eigenvalue weighted by Gasteiger charge is -2.26. The summed E-state index contributed by atoms with van der Waals surface area (Å²) in [5.74, 6) is 0.204. The lowest BCUT2D eigenvalue weighted by atomic mass is 9.88. The van der Waals surface area contributed by atoms with Crippen molar-refractivity contribution in [3.05, 3.63) is 0 Å². The number of carbonyl (C=O) groups is 4. The lowest BCUT2D eigenvalue weighted by Crippen LogP contribution is -2.36. The first-order valence-corrected chi connectivity index (χ1v) is 22.7. The maximum absolute atomic E-state index is 11.8. The van der Waals surface area contributed by atoms with E-state index in [0.29, 0.717) is 51.2 Å². The lowest BCUT2D eigenvalue weighted by molar-refractivity contribution is -0.144. The zero-order valence-electron chi connectivity index (χ0n) is 38.0. The molecular weight excluding hydrogens is 782 g/mol. The van der Waals surface area contributed by atoms with Crippen molar-refractivity contribution in [2.75, 3.05) is 118 Å². The molecule has 14 nitrogen and oxygen atoms in total. The molecule has 0 aromatic rings. The molecule has 0 amide bonds. The van der Waals surface area contributed by atoms with Gasteiger partial charge in [0.25, 0.3) is 0 Å². The standard InChI is InChI=1S/C18H33NO4.C10H18O3.C8H17NO2.C4H9ClO.C4H9NO/c1-18(2,3)16(20)8-4-5-9-17(21)23-13-7-6-10-19-11-14-22-15-12-19;1-10(2,3)8(11)6-4-5-7-9(12)13;10-6-2-1-3-9-4-7-11-8-5-9;5-3-1-2-4-6;1-3-6-4-2-5-1/h4-15H2,1-3H3;4-7H2,1-3H3,(H,12,13);10H,1-8H2;6H,1-4H2;5H,1-4H2. The summed E-state index contributed by atoms with van der Waals surface area (Å²) in [7, 11) is 0. The summed E-state index contributed by atoms with van der Waals surface area (Å²) >= 11 is 5.27. The van der Waals surface area contributed by atoms with Crippen LogP contribution < -0.4 is 5.32 Å². The van der Waals surface area contributed by atoms with Gasteiger partial charge < -0.3 is 39.6 Å². The van der Waals surface area contributed by atoms with E-state index in [0.717, 1.165) is 143 Å². The maximum atomic E-state index is 11.8. The van der Waals surface area contributed by atoms with E-state index in [-0.39, 0.29) is 41.4 Å². The Morgan fingerprint density at radius 1 is 0.576 bits per heavy atom. The number of carboxylic acid groups (broad SMARTS) is 1. The highest BCUT2D eigenvalue weighted by molar-refractivity contribution is 6.17. The number of rotatable bonds is 22. The zero-order valence-corrected chi connectivity index (χ0v) is 38.8. The van der Waals surface area contributed by atoms with Gasteiger partial charge >= 0.3 is 11.9 Å². The molecule has 59 heavy (non-hydrogen) atoms. The largest absolute Gasteiger partial charge is 0.481 e. The Balaban J connectivity index is 0. The van der Waals surface area contributed by atoms with Crippen LogP contribution in [0.3, 0.4) is 0 Å². The molecule has 3 heterocycles. The highest BCUT2D eigenvalue weighted by atomic mass is 35.5. The molecule has 0 aromatic carbocycles. The van der Waals surface area contributed by atoms with Crippen LogP contribution in [-0.2, 0) is 38.1 Å². The van der Waals surface area contributed by atoms with Crippen LogP contribution >= 0.6 is 11.6 Å². The number of morpholine rings is 3. The van der Waals surface area contributed by atoms with Crippen LogP contribution in [0, 0.1) is 10.8 Å². The number of alkyl halides is 1. The second-order valence-electron chi connectivity index (χ2n) is 16.9. The summed E-state index contributed by atoms with van der Waals surface area (Å²) < 4.78 is 20.8. The number of ketones is 2. The number of aliphatic carboxylic acids is 1. The van der Waals surface area contributed by atoms with Crippen molar-refractivity contribution in [3.63, 3.8) is 0 Å². The van der Waals surface area contributed by atoms with E-state index < -0.39 is 5.97 Å². The number of nitrogens with one attached hydrogen (secondary N) is 1. The fourth-order valence-electron chi connectivity index (χ4n) is 5.38. The van der Waals surface area contributed by atoms with E-state index in [1.807, 2.05) is 41.5 Å². The molecule has 4 N–H and O–H groups in total. The molecular formula is C44H86ClN3O11. The van der Waals surface area contributed by atoms with E-state index in [4.69, 9.17) is 45.9 Å². The third-order valence-corrected chi connectivity index (χ3v) is 9.63. The number of ether oxygens (including phenoxy) is 4. The van der Waals surface area contributed by atoms with Crippen LogP contribution in [0.1, 0.15) is 131 Å². The Hall–Kier alpha value is -1.75. The van der Waals surface area contributed by atoms with Crippen molar-refractivity contribution in [2.45, 2.75) is 131 Å². The van der Waals surface area contributed by atoms with E-state index in [9.17, 15) is 19.2 Å². The topological polar surface area (TPSA) is 184 Å². The predicted octanol–water partition coefficient (Wildman–Crippen LogP) is 5.76. The summed E-state index contributed by atoms with van der Waals surface area (Å²) in [6.07, 6.45) is 10.2. The highest BCUT2D eigenvalue weighted by Crippen LogP contribution is 2.19.